The normalized spacial score (nSPS) is 16.8. The van der Waals surface area contributed by atoms with Crippen molar-refractivity contribution in [3.8, 4) is 11.5 Å². The Balaban J connectivity index is 1.18. The number of carbonyl (C=O) groups excluding carboxylic acids is 1. The average Bonchev–Trinajstić information content (AvgIpc) is 3.60. The van der Waals surface area contributed by atoms with Gasteiger partial charge in [0.15, 0.2) is 11.5 Å². The minimum atomic E-state index is 0.0867. The van der Waals surface area contributed by atoms with Crippen molar-refractivity contribution < 1.29 is 14.3 Å². The van der Waals surface area contributed by atoms with E-state index in [-0.39, 0.29) is 11.9 Å². The molecule has 0 aliphatic carbocycles. The molecule has 1 fully saturated rings. The number of carbonyl (C=O) groups is 1. The van der Waals surface area contributed by atoms with E-state index in [2.05, 4.69) is 70.3 Å². The molecule has 174 valence electrons. The fraction of sp³-hybridized carbons (Fsp3) is 0.296. The monoisotopic (exact) mass is 473 g/mol. The number of rotatable bonds is 5. The molecule has 2 aliphatic heterocycles. The third-order valence-electron chi connectivity index (χ3n) is 6.84. The average molecular weight is 474 g/mol. The van der Waals surface area contributed by atoms with Gasteiger partial charge >= 0.3 is 0 Å². The summed E-state index contributed by atoms with van der Waals surface area (Å²) < 4.78 is 13.1. The van der Waals surface area contributed by atoms with E-state index < -0.39 is 0 Å². The predicted octanol–water partition coefficient (Wildman–Crippen LogP) is 5.00. The van der Waals surface area contributed by atoms with Gasteiger partial charge in [-0.25, -0.2) is 0 Å². The quantitative estimate of drug-likeness (QED) is 0.409. The summed E-state index contributed by atoms with van der Waals surface area (Å²) in [6, 6.07) is 20.8. The van der Waals surface area contributed by atoms with Crippen LogP contribution in [0.2, 0.25) is 0 Å². The summed E-state index contributed by atoms with van der Waals surface area (Å²) in [5.74, 6) is 1.75. The van der Waals surface area contributed by atoms with E-state index in [1.807, 2.05) is 17.0 Å². The lowest BCUT2D eigenvalue weighted by molar-refractivity contribution is 0.0617. The minimum absolute atomic E-state index is 0.0867. The van der Waals surface area contributed by atoms with Gasteiger partial charge in [0.1, 0.15) is 10.5 Å². The minimum Gasteiger partial charge on any atom is -0.454 e. The van der Waals surface area contributed by atoms with Gasteiger partial charge < -0.3 is 18.9 Å². The van der Waals surface area contributed by atoms with E-state index in [1.165, 1.54) is 11.1 Å². The second kappa shape index (κ2) is 8.81. The van der Waals surface area contributed by atoms with Crippen molar-refractivity contribution in [2.45, 2.75) is 19.5 Å². The van der Waals surface area contributed by atoms with Gasteiger partial charge in [0, 0.05) is 38.1 Å². The first-order chi connectivity index (χ1) is 16.7. The lowest BCUT2D eigenvalue weighted by atomic mass is 10.1. The molecule has 0 spiro atoms. The first kappa shape index (κ1) is 21.3. The van der Waals surface area contributed by atoms with E-state index in [1.54, 1.807) is 11.3 Å². The number of thiophene rings is 1. The molecule has 2 aromatic heterocycles. The van der Waals surface area contributed by atoms with Gasteiger partial charge in [-0.1, -0.05) is 36.4 Å². The molecular formula is C27H27N3O3S. The van der Waals surface area contributed by atoms with E-state index in [0.717, 1.165) is 60.1 Å². The summed E-state index contributed by atoms with van der Waals surface area (Å²) in [4.78, 5) is 19.2. The predicted molar refractivity (Wildman–Crippen MR) is 134 cm³/mol. The Kier molecular flexibility index (Phi) is 5.51. The zero-order valence-electron chi connectivity index (χ0n) is 19.1. The number of piperazine rings is 1. The Morgan fingerprint density at radius 3 is 2.59 bits per heavy atom. The third kappa shape index (κ3) is 3.85. The number of ether oxygens (including phenoxy) is 2. The van der Waals surface area contributed by atoms with Crippen LogP contribution in [0, 0.1) is 0 Å². The summed E-state index contributed by atoms with van der Waals surface area (Å²) in [7, 11) is 0. The maximum atomic E-state index is 13.7. The van der Waals surface area contributed by atoms with Gasteiger partial charge in [0.2, 0.25) is 6.79 Å². The zero-order chi connectivity index (χ0) is 23.1. The number of fused-ring (bicyclic) bond motifs is 2. The molecule has 0 saturated carbocycles. The van der Waals surface area contributed by atoms with Crippen LogP contribution < -0.4 is 9.47 Å². The highest BCUT2D eigenvalue weighted by molar-refractivity contribution is 7.16. The van der Waals surface area contributed by atoms with E-state index in [4.69, 9.17) is 9.47 Å². The Bertz CT molecular complexity index is 1320. The summed E-state index contributed by atoms with van der Waals surface area (Å²) >= 11 is 1.70. The number of benzene rings is 2. The van der Waals surface area contributed by atoms with Crippen LogP contribution in [0.15, 0.2) is 66.0 Å². The maximum Gasteiger partial charge on any atom is 0.270 e. The second-order valence-corrected chi connectivity index (χ2v) is 9.82. The molecule has 4 heterocycles. The smallest absolute Gasteiger partial charge is 0.270 e. The fourth-order valence-electron chi connectivity index (χ4n) is 4.94. The second-order valence-electron chi connectivity index (χ2n) is 8.92. The van der Waals surface area contributed by atoms with Gasteiger partial charge in [-0.05, 0) is 47.7 Å². The highest BCUT2D eigenvalue weighted by Gasteiger charge is 2.28. The lowest BCUT2D eigenvalue weighted by Crippen LogP contribution is -2.48. The van der Waals surface area contributed by atoms with Crippen molar-refractivity contribution in [2.24, 2.45) is 0 Å². The number of amides is 1. The van der Waals surface area contributed by atoms with Gasteiger partial charge in [-0.15, -0.1) is 11.3 Å². The van der Waals surface area contributed by atoms with Crippen LogP contribution in [-0.4, -0.2) is 53.2 Å². The van der Waals surface area contributed by atoms with Crippen LogP contribution in [0.4, 0.5) is 0 Å². The molecule has 2 aromatic carbocycles. The first-order valence-corrected chi connectivity index (χ1v) is 12.6. The molecule has 0 N–H and O–H groups in total. The van der Waals surface area contributed by atoms with Crippen LogP contribution in [-0.2, 0) is 6.54 Å². The van der Waals surface area contributed by atoms with Gasteiger partial charge in [-0.2, -0.15) is 0 Å². The molecule has 1 unspecified atom stereocenters. The Morgan fingerprint density at radius 1 is 0.971 bits per heavy atom. The highest BCUT2D eigenvalue weighted by Crippen LogP contribution is 2.34. The Hall–Kier alpha value is -3.29. The number of aromatic nitrogens is 1. The highest BCUT2D eigenvalue weighted by atomic mass is 32.1. The summed E-state index contributed by atoms with van der Waals surface area (Å²) in [6.45, 7) is 6.46. The van der Waals surface area contributed by atoms with Gasteiger partial charge in [0.25, 0.3) is 5.91 Å². The van der Waals surface area contributed by atoms with Gasteiger partial charge in [0.05, 0.1) is 6.04 Å². The van der Waals surface area contributed by atoms with Crippen molar-refractivity contribution in [1.29, 1.82) is 0 Å². The maximum absolute atomic E-state index is 13.7. The van der Waals surface area contributed by atoms with Crippen molar-refractivity contribution in [3.63, 3.8) is 0 Å². The van der Waals surface area contributed by atoms with E-state index in [0.29, 0.717) is 6.79 Å². The summed E-state index contributed by atoms with van der Waals surface area (Å²) in [6.07, 6.45) is 0. The standard InChI is InChI=1S/C27H27N3O3S/c1-19(21-5-3-2-4-6-21)30-23(16-22-9-14-34-27(22)30)26(31)29-12-10-28(11-13-29)17-20-7-8-24-25(15-20)33-18-32-24/h2-9,14-16,19H,10-13,17-18H2,1H3. The summed E-state index contributed by atoms with van der Waals surface area (Å²) in [5.41, 5.74) is 3.19. The molecule has 34 heavy (non-hydrogen) atoms. The molecule has 2 aliphatic rings. The molecule has 1 saturated heterocycles. The number of nitrogens with zero attached hydrogens (tertiary/aromatic N) is 3. The first-order valence-electron chi connectivity index (χ1n) is 11.7. The third-order valence-corrected chi connectivity index (χ3v) is 7.76. The molecular weight excluding hydrogens is 446 g/mol. The topological polar surface area (TPSA) is 46.9 Å². The summed E-state index contributed by atoms with van der Waals surface area (Å²) in [5, 5.41) is 3.24. The Labute approximate surface area is 202 Å². The molecule has 1 atom stereocenters. The van der Waals surface area contributed by atoms with Crippen molar-refractivity contribution in [2.75, 3.05) is 33.0 Å². The molecule has 6 rings (SSSR count). The largest absolute Gasteiger partial charge is 0.454 e. The Morgan fingerprint density at radius 2 is 1.76 bits per heavy atom. The molecule has 0 radical (unpaired) electrons. The van der Waals surface area contributed by atoms with Crippen molar-refractivity contribution in [1.82, 2.24) is 14.4 Å². The van der Waals surface area contributed by atoms with Crippen molar-refractivity contribution >= 4 is 27.5 Å². The van der Waals surface area contributed by atoms with Crippen LogP contribution in [0.5, 0.6) is 11.5 Å². The van der Waals surface area contributed by atoms with Crippen LogP contribution >= 0.6 is 11.3 Å². The number of hydrogen-bond acceptors (Lipinski definition) is 5. The molecule has 6 nitrogen and oxygen atoms in total. The molecule has 0 bridgehead atoms. The molecule has 1 amide bonds. The van der Waals surface area contributed by atoms with Crippen LogP contribution in [0.1, 0.15) is 34.6 Å². The molecule has 4 aromatic rings. The fourth-order valence-corrected chi connectivity index (χ4v) is 5.92. The van der Waals surface area contributed by atoms with E-state index >= 15 is 0 Å². The van der Waals surface area contributed by atoms with Crippen LogP contribution in [0.25, 0.3) is 10.2 Å². The number of hydrogen-bond donors (Lipinski definition) is 0. The van der Waals surface area contributed by atoms with Crippen LogP contribution in [0.3, 0.4) is 0 Å². The lowest BCUT2D eigenvalue weighted by Gasteiger charge is -2.35. The zero-order valence-corrected chi connectivity index (χ0v) is 20.0. The van der Waals surface area contributed by atoms with E-state index in [9.17, 15) is 4.79 Å². The molecule has 7 heteroatoms. The SMILES string of the molecule is CC(c1ccccc1)n1c(C(=O)N2CCN(Cc3ccc4c(c3)OCO4)CC2)cc2ccsc21. The van der Waals surface area contributed by atoms with Gasteiger partial charge in [-0.3, -0.25) is 9.69 Å². The van der Waals surface area contributed by atoms with Crippen molar-refractivity contribution in [3.05, 3.63) is 82.9 Å².